The van der Waals surface area contributed by atoms with Crippen molar-refractivity contribution in [2.75, 3.05) is 6.54 Å². The van der Waals surface area contributed by atoms with E-state index in [0.29, 0.717) is 29.1 Å². The van der Waals surface area contributed by atoms with Gasteiger partial charge in [0, 0.05) is 12.0 Å². The van der Waals surface area contributed by atoms with Crippen molar-refractivity contribution >= 4 is 32.4 Å². The minimum absolute atomic E-state index is 0.222. The largest absolute Gasteiger partial charge is 0.330 e. The van der Waals surface area contributed by atoms with Crippen LogP contribution in [0.4, 0.5) is 0 Å². The predicted octanol–water partition coefficient (Wildman–Crippen LogP) is 1.52. The molecule has 0 unspecified atom stereocenters. The van der Waals surface area contributed by atoms with Gasteiger partial charge in [0.1, 0.15) is 10.8 Å². The van der Waals surface area contributed by atoms with E-state index in [2.05, 4.69) is 19.9 Å². The molecule has 0 amide bonds. The van der Waals surface area contributed by atoms with Crippen molar-refractivity contribution < 1.29 is 8.42 Å². The van der Waals surface area contributed by atoms with Gasteiger partial charge in [0.25, 0.3) is 0 Å². The minimum atomic E-state index is -3.59. The first kappa shape index (κ1) is 17.5. The average Bonchev–Trinajstić information content (AvgIpc) is 2.99. The van der Waals surface area contributed by atoms with E-state index < -0.39 is 10.0 Å². The van der Waals surface area contributed by atoms with E-state index in [1.165, 1.54) is 11.3 Å². The lowest BCUT2D eigenvalue weighted by Crippen LogP contribution is -2.34. The molecule has 0 atom stereocenters. The highest BCUT2D eigenvalue weighted by Crippen LogP contribution is 2.36. The molecule has 1 saturated carbocycles. The smallest absolute Gasteiger partial charge is 0.241 e. The van der Waals surface area contributed by atoms with Crippen molar-refractivity contribution in [2.45, 2.75) is 43.5 Å². The quantitative estimate of drug-likeness (QED) is 0.657. The summed E-state index contributed by atoms with van der Waals surface area (Å²) in [6, 6.07) is 4.96. The number of nitrogens with one attached hydrogen (secondary N) is 1. The Bertz CT molecular complexity index is 1080. The van der Waals surface area contributed by atoms with Crippen molar-refractivity contribution in [1.29, 1.82) is 0 Å². The van der Waals surface area contributed by atoms with Crippen LogP contribution < -0.4 is 10.5 Å². The lowest BCUT2D eigenvalue weighted by atomic mass is 10.3. The highest BCUT2D eigenvalue weighted by atomic mass is 32.2. The zero-order valence-corrected chi connectivity index (χ0v) is 16.2. The molecule has 0 aliphatic heterocycles. The van der Waals surface area contributed by atoms with Crippen LogP contribution in [0.5, 0.6) is 0 Å². The van der Waals surface area contributed by atoms with Gasteiger partial charge < -0.3 is 5.73 Å². The van der Waals surface area contributed by atoms with Gasteiger partial charge in [-0.1, -0.05) is 11.3 Å². The molecule has 10 heteroatoms. The maximum Gasteiger partial charge on any atom is 0.241 e. The fraction of sp³-hybridized carbons (Fsp3) is 0.438. The molecule has 1 aromatic carbocycles. The third-order valence-corrected chi connectivity index (χ3v) is 6.92. The monoisotopic (exact) mass is 392 g/mol. The molecule has 26 heavy (non-hydrogen) atoms. The van der Waals surface area contributed by atoms with Crippen LogP contribution in [0.15, 0.2) is 23.1 Å². The van der Waals surface area contributed by atoms with Gasteiger partial charge in [-0.15, -0.1) is 10.2 Å². The summed E-state index contributed by atoms with van der Waals surface area (Å²) < 4.78 is 30.1. The summed E-state index contributed by atoms with van der Waals surface area (Å²) in [5.74, 6) is 0.746. The van der Waals surface area contributed by atoms with Gasteiger partial charge in [0.2, 0.25) is 15.2 Å². The molecule has 4 rings (SSSR count). The first-order valence-electron chi connectivity index (χ1n) is 8.37. The number of aromatic nitrogens is 4. The second kappa shape index (κ2) is 6.08. The summed E-state index contributed by atoms with van der Waals surface area (Å²) in [6.45, 7) is 4.22. The van der Waals surface area contributed by atoms with E-state index in [4.69, 9.17) is 5.73 Å². The van der Waals surface area contributed by atoms with Crippen molar-refractivity contribution in [3.8, 4) is 5.13 Å². The standard InChI is InChI=1S/C16H20N6O2S2/c1-10-19-20-15(25-10)22-13-9-11(26(23,24)21-16(2)6-7-16)3-4-12(13)18-14(22)5-8-17/h3-4,9,21H,5-8,17H2,1-2H3. The van der Waals surface area contributed by atoms with Crippen LogP contribution in [0.25, 0.3) is 16.2 Å². The van der Waals surface area contributed by atoms with Crippen molar-refractivity contribution in [2.24, 2.45) is 5.73 Å². The van der Waals surface area contributed by atoms with Gasteiger partial charge in [-0.3, -0.25) is 4.57 Å². The number of nitrogens with zero attached hydrogens (tertiary/aromatic N) is 4. The van der Waals surface area contributed by atoms with Crippen molar-refractivity contribution in [3.63, 3.8) is 0 Å². The average molecular weight is 393 g/mol. The van der Waals surface area contributed by atoms with E-state index in [0.717, 1.165) is 23.7 Å². The lowest BCUT2D eigenvalue weighted by molar-refractivity contribution is 0.558. The van der Waals surface area contributed by atoms with Gasteiger partial charge in [-0.2, -0.15) is 0 Å². The van der Waals surface area contributed by atoms with Crippen LogP contribution in [0.2, 0.25) is 0 Å². The fourth-order valence-corrected chi connectivity index (χ4v) is 5.04. The first-order chi connectivity index (χ1) is 12.3. The van der Waals surface area contributed by atoms with Gasteiger partial charge >= 0.3 is 0 Å². The van der Waals surface area contributed by atoms with Crippen LogP contribution in [-0.2, 0) is 16.4 Å². The Labute approximate surface area is 155 Å². The van der Waals surface area contributed by atoms with Crippen LogP contribution in [0.3, 0.4) is 0 Å². The van der Waals surface area contributed by atoms with Gasteiger partial charge in [0.05, 0.1) is 15.9 Å². The van der Waals surface area contributed by atoms with Gasteiger partial charge in [-0.05, 0) is 51.4 Å². The summed E-state index contributed by atoms with van der Waals surface area (Å²) in [5.41, 5.74) is 6.79. The zero-order valence-electron chi connectivity index (χ0n) is 14.6. The molecule has 8 nitrogen and oxygen atoms in total. The molecule has 0 saturated heterocycles. The molecule has 138 valence electrons. The number of hydrogen-bond donors (Lipinski definition) is 2. The summed E-state index contributed by atoms with van der Waals surface area (Å²) in [4.78, 5) is 4.83. The fourth-order valence-electron chi connectivity index (χ4n) is 2.83. The molecular weight excluding hydrogens is 372 g/mol. The number of sulfonamides is 1. The number of nitrogens with two attached hydrogens (primary N) is 1. The number of fused-ring (bicyclic) bond motifs is 1. The van der Waals surface area contributed by atoms with Crippen LogP contribution in [0, 0.1) is 6.92 Å². The third-order valence-electron chi connectivity index (χ3n) is 4.46. The van der Waals surface area contributed by atoms with Gasteiger partial charge in [0.15, 0.2) is 0 Å². The number of benzene rings is 1. The molecule has 0 bridgehead atoms. The molecule has 3 N–H and O–H groups in total. The van der Waals surface area contributed by atoms with E-state index in [-0.39, 0.29) is 10.4 Å². The predicted molar refractivity (Wildman–Crippen MR) is 100.0 cm³/mol. The van der Waals surface area contributed by atoms with Crippen molar-refractivity contribution in [1.82, 2.24) is 24.5 Å². The van der Waals surface area contributed by atoms with Crippen molar-refractivity contribution in [3.05, 3.63) is 29.0 Å². The van der Waals surface area contributed by atoms with E-state index in [1.807, 2.05) is 18.4 Å². The third kappa shape index (κ3) is 3.13. The number of rotatable bonds is 6. The Hall–Kier alpha value is -1.88. The molecule has 1 aliphatic rings. The molecule has 3 aromatic rings. The van der Waals surface area contributed by atoms with Crippen LogP contribution in [0.1, 0.15) is 30.6 Å². The Morgan fingerprint density at radius 1 is 1.35 bits per heavy atom. The Kier molecular flexibility index (Phi) is 4.10. The second-order valence-corrected chi connectivity index (χ2v) is 9.66. The summed E-state index contributed by atoms with van der Waals surface area (Å²) in [7, 11) is -3.59. The number of aryl methyl sites for hydroxylation is 1. The Morgan fingerprint density at radius 2 is 2.12 bits per heavy atom. The second-order valence-electron chi connectivity index (χ2n) is 6.82. The molecule has 2 aromatic heterocycles. The first-order valence-corrected chi connectivity index (χ1v) is 10.7. The highest BCUT2D eigenvalue weighted by Gasteiger charge is 2.41. The van der Waals surface area contributed by atoms with E-state index in [9.17, 15) is 8.42 Å². The Balaban J connectivity index is 1.86. The molecule has 0 spiro atoms. The van der Waals surface area contributed by atoms with Gasteiger partial charge in [-0.25, -0.2) is 18.1 Å². The Morgan fingerprint density at radius 3 is 2.73 bits per heavy atom. The summed E-state index contributed by atoms with van der Waals surface area (Å²) in [5, 5.41) is 9.75. The molecule has 0 radical (unpaired) electrons. The SMILES string of the molecule is Cc1nnc(-n2c(CCN)nc3ccc(S(=O)(=O)NC4(C)CC4)cc32)s1. The zero-order chi connectivity index (χ0) is 18.5. The number of imidazole rings is 1. The van der Waals surface area contributed by atoms with Crippen LogP contribution >= 0.6 is 11.3 Å². The normalized spacial score (nSPS) is 16.3. The summed E-state index contributed by atoms with van der Waals surface area (Å²) in [6.07, 6.45) is 2.28. The molecule has 1 fully saturated rings. The maximum absolute atomic E-state index is 12.7. The molecular formula is C16H20N6O2S2. The van der Waals surface area contributed by atoms with E-state index >= 15 is 0 Å². The molecule has 2 heterocycles. The summed E-state index contributed by atoms with van der Waals surface area (Å²) >= 11 is 1.43. The topological polar surface area (TPSA) is 116 Å². The molecule has 1 aliphatic carbocycles. The van der Waals surface area contributed by atoms with E-state index in [1.54, 1.807) is 18.2 Å². The number of hydrogen-bond acceptors (Lipinski definition) is 7. The highest BCUT2D eigenvalue weighted by molar-refractivity contribution is 7.89. The lowest BCUT2D eigenvalue weighted by Gasteiger charge is -2.12. The van der Waals surface area contributed by atoms with Crippen LogP contribution in [-0.4, -0.2) is 40.2 Å². The maximum atomic E-state index is 12.7. The minimum Gasteiger partial charge on any atom is -0.330 e.